The highest BCUT2D eigenvalue weighted by molar-refractivity contribution is 5.92. The molecule has 1 aromatic rings. The molecule has 3 heterocycles. The number of methoxy groups -OCH3 is 2. The number of hydrogen-bond acceptors (Lipinski definition) is 6. The highest BCUT2D eigenvalue weighted by atomic mass is 16.5. The highest BCUT2D eigenvalue weighted by Crippen LogP contribution is 2.43. The molecular formula is C18H28N4O3. The van der Waals surface area contributed by atoms with Crippen molar-refractivity contribution in [1.29, 1.82) is 0 Å². The van der Waals surface area contributed by atoms with Gasteiger partial charge in [-0.15, -0.1) is 0 Å². The van der Waals surface area contributed by atoms with E-state index in [4.69, 9.17) is 9.47 Å². The second-order valence-electron chi connectivity index (χ2n) is 7.16. The summed E-state index contributed by atoms with van der Waals surface area (Å²) in [5.74, 6) is 0.0138. The second kappa shape index (κ2) is 8.21. The van der Waals surface area contributed by atoms with E-state index in [1.807, 2.05) is 4.90 Å². The molecule has 0 radical (unpaired) electrons. The number of aromatic nitrogens is 2. The Labute approximate surface area is 149 Å². The third kappa shape index (κ3) is 4.16. The predicted octanol–water partition coefficient (Wildman–Crippen LogP) is 1.07. The van der Waals surface area contributed by atoms with Gasteiger partial charge in [0.2, 0.25) is 0 Å². The Kier molecular flexibility index (Phi) is 5.98. The molecule has 7 nitrogen and oxygen atoms in total. The van der Waals surface area contributed by atoms with Crippen LogP contribution in [0.1, 0.15) is 29.8 Å². The van der Waals surface area contributed by atoms with Crippen molar-refractivity contribution in [3.8, 4) is 0 Å². The minimum atomic E-state index is 0.0138. The number of amides is 1. The maximum Gasteiger partial charge on any atom is 0.272 e. The average Bonchev–Trinajstić information content (AvgIpc) is 2.98. The van der Waals surface area contributed by atoms with Crippen LogP contribution in [0.4, 0.5) is 0 Å². The number of likely N-dealkylation sites (tertiary alicyclic amines) is 2. The van der Waals surface area contributed by atoms with Crippen molar-refractivity contribution >= 4 is 5.91 Å². The van der Waals surface area contributed by atoms with Crippen molar-refractivity contribution in [2.24, 2.45) is 5.41 Å². The van der Waals surface area contributed by atoms with Crippen LogP contribution in [0.15, 0.2) is 18.6 Å². The summed E-state index contributed by atoms with van der Waals surface area (Å²) in [5.41, 5.74) is 0.774. The summed E-state index contributed by atoms with van der Waals surface area (Å²) in [6.07, 6.45) is 6.26. The zero-order chi connectivity index (χ0) is 17.7. The molecule has 2 aliphatic heterocycles. The van der Waals surface area contributed by atoms with Gasteiger partial charge in [-0.2, -0.15) is 0 Å². The van der Waals surface area contributed by atoms with E-state index >= 15 is 0 Å². The summed E-state index contributed by atoms with van der Waals surface area (Å²) in [6.45, 7) is 5.10. The van der Waals surface area contributed by atoms with E-state index in [2.05, 4.69) is 14.9 Å². The van der Waals surface area contributed by atoms with E-state index < -0.39 is 0 Å². The maximum atomic E-state index is 12.6. The first-order valence-electron chi connectivity index (χ1n) is 8.95. The SMILES string of the molecule is COCCN1CC2(CCN(C(=O)c3ccncn3)CC2)C[C@@H]1COC. The third-order valence-electron chi connectivity index (χ3n) is 5.58. The smallest absolute Gasteiger partial charge is 0.272 e. The molecule has 1 amide bonds. The molecule has 0 saturated carbocycles. The molecule has 3 rings (SSSR count). The van der Waals surface area contributed by atoms with Gasteiger partial charge in [0.1, 0.15) is 12.0 Å². The Morgan fingerprint density at radius 2 is 2.12 bits per heavy atom. The van der Waals surface area contributed by atoms with Crippen LogP contribution < -0.4 is 0 Å². The van der Waals surface area contributed by atoms with Gasteiger partial charge in [-0.05, 0) is 30.7 Å². The van der Waals surface area contributed by atoms with Crippen molar-refractivity contribution in [2.75, 3.05) is 53.6 Å². The van der Waals surface area contributed by atoms with Crippen molar-refractivity contribution < 1.29 is 14.3 Å². The average molecular weight is 348 g/mol. The molecule has 0 unspecified atom stereocenters. The van der Waals surface area contributed by atoms with Crippen LogP contribution >= 0.6 is 0 Å². The Balaban J connectivity index is 1.60. The Hall–Kier alpha value is -1.57. The molecular weight excluding hydrogens is 320 g/mol. The van der Waals surface area contributed by atoms with Gasteiger partial charge in [0.15, 0.2) is 0 Å². The van der Waals surface area contributed by atoms with Crippen LogP contribution in [-0.4, -0.2) is 85.3 Å². The number of carbonyl (C=O) groups excluding carboxylic acids is 1. The fraction of sp³-hybridized carbons (Fsp3) is 0.722. The van der Waals surface area contributed by atoms with Crippen LogP contribution in [0.3, 0.4) is 0 Å². The molecule has 1 atom stereocenters. The predicted molar refractivity (Wildman–Crippen MR) is 93.3 cm³/mol. The first-order valence-corrected chi connectivity index (χ1v) is 8.95. The second-order valence-corrected chi connectivity index (χ2v) is 7.16. The van der Waals surface area contributed by atoms with Gasteiger partial charge < -0.3 is 14.4 Å². The summed E-state index contributed by atoms with van der Waals surface area (Å²) < 4.78 is 10.7. The van der Waals surface area contributed by atoms with Crippen molar-refractivity contribution in [3.63, 3.8) is 0 Å². The van der Waals surface area contributed by atoms with Gasteiger partial charge in [-0.1, -0.05) is 0 Å². The Morgan fingerprint density at radius 3 is 2.76 bits per heavy atom. The highest BCUT2D eigenvalue weighted by Gasteiger charge is 2.45. The van der Waals surface area contributed by atoms with Crippen LogP contribution in [0, 0.1) is 5.41 Å². The molecule has 0 aromatic carbocycles. The summed E-state index contributed by atoms with van der Waals surface area (Å²) in [4.78, 5) is 25.0. The zero-order valence-electron chi connectivity index (χ0n) is 15.2. The molecule has 2 fully saturated rings. The largest absolute Gasteiger partial charge is 0.383 e. The normalized spacial score (nSPS) is 23.3. The molecule has 25 heavy (non-hydrogen) atoms. The lowest BCUT2D eigenvalue weighted by atomic mass is 9.76. The fourth-order valence-electron chi connectivity index (χ4n) is 4.21. The zero-order valence-corrected chi connectivity index (χ0v) is 15.2. The maximum absolute atomic E-state index is 12.6. The van der Waals surface area contributed by atoms with Crippen molar-refractivity contribution in [1.82, 2.24) is 19.8 Å². The number of ether oxygens (including phenoxy) is 2. The summed E-state index contributed by atoms with van der Waals surface area (Å²) >= 11 is 0. The van der Waals surface area contributed by atoms with Crippen LogP contribution in [0.25, 0.3) is 0 Å². The van der Waals surface area contributed by atoms with Crippen LogP contribution in [0.2, 0.25) is 0 Å². The molecule has 1 spiro atoms. The molecule has 0 aliphatic carbocycles. The Bertz CT molecular complexity index is 561. The first kappa shape index (κ1) is 18.2. The van der Waals surface area contributed by atoms with Gasteiger partial charge in [0.25, 0.3) is 5.91 Å². The summed E-state index contributed by atoms with van der Waals surface area (Å²) in [5, 5.41) is 0. The number of hydrogen-bond donors (Lipinski definition) is 0. The monoisotopic (exact) mass is 348 g/mol. The fourth-order valence-corrected chi connectivity index (χ4v) is 4.21. The lowest BCUT2D eigenvalue weighted by molar-refractivity contribution is 0.0576. The van der Waals surface area contributed by atoms with Crippen LogP contribution in [-0.2, 0) is 9.47 Å². The quantitative estimate of drug-likeness (QED) is 0.766. The lowest BCUT2D eigenvalue weighted by Crippen LogP contribution is -2.44. The van der Waals surface area contributed by atoms with E-state index in [-0.39, 0.29) is 5.91 Å². The van der Waals surface area contributed by atoms with Gasteiger partial charge in [0.05, 0.1) is 13.2 Å². The molecule has 138 valence electrons. The lowest BCUT2D eigenvalue weighted by Gasteiger charge is -2.39. The third-order valence-corrected chi connectivity index (χ3v) is 5.58. The number of carbonyl (C=O) groups is 1. The molecule has 0 N–H and O–H groups in total. The molecule has 2 saturated heterocycles. The number of rotatable bonds is 6. The molecule has 2 aliphatic rings. The van der Waals surface area contributed by atoms with E-state index in [1.165, 1.54) is 6.33 Å². The van der Waals surface area contributed by atoms with Gasteiger partial charge in [0, 0.05) is 52.6 Å². The van der Waals surface area contributed by atoms with E-state index in [0.29, 0.717) is 17.2 Å². The minimum Gasteiger partial charge on any atom is -0.383 e. The Morgan fingerprint density at radius 1 is 1.32 bits per heavy atom. The van der Waals surface area contributed by atoms with Gasteiger partial charge in [-0.25, -0.2) is 9.97 Å². The van der Waals surface area contributed by atoms with E-state index in [1.54, 1.807) is 26.5 Å². The van der Waals surface area contributed by atoms with Crippen molar-refractivity contribution in [2.45, 2.75) is 25.3 Å². The topological polar surface area (TPSA) is 67.8 Å². The summed E-state index contributed by atoms with van der Waals surface area (Å²) in [7, 11) is 3.51. The molecule has 1 aromatic heterocycles. The molecule has 0 bridgehead atoms. The minimum absolute atomic E-state index is 0.0138. The summed E-state index contributed by atoms with van der Waals surface area (Å²) in [6, 6.07) is 2.13. The first-order chi connectivity index (χ1) is 12.2. The number of nitrogens with zero attached hydrogens (tertiary/aromatic N) is 4. The van der Waals surface area contributed by atoms with Gasteiger partial charge in [-0.3, -0.25) is 9.69 Å². The van der Waals surface area contributed by atoms with E-state index in [9.17, 15) is 4.79 Å². The van der Waals surface area contributed by atoms with Crippen LogP contribution in [0.5, 0.6) is 0 Å². The van der Waals surface area contributed by atoms with Crippen molar-refractivity contribution in [3.05, 3.63) is 24.3 Å². The van der Waals surface area contributed by atoms with E-state index in [0.717, 1.165) is 58.7 Å². The molecule has 7 heteroatoms. The number of piperidine rings is 1. The van der Waals surface area contributed by atoms with Gasteiger partial charge >= 0.3 is 0 Å². The standard InChI is InChI=1S/C18H28N4O3/c1-24-10-9-22-13-18(11-15(22)12-25-2)4-7-21(8-5-18)17(23)16-3-6-19-14-20-16/h3,6,14-15H,4-5,7-13H2,1-2H3/t15-/m1/s1.